The van der Waals surface area contributed by atoms with Crippen molar-refractivity contribution in [3.63, 3.8) is 0 Å². The van der Waals surface area contributed by atoms with Gasteiger partial charge in [-0.3, -0.25) is 9.69 Å². The summed E-state index contributed by atoms with van der Waals surface area (Å²) in [7, 11) is 0.628. The molecule has 0 radical (unpaired) electrons. The van der Waals surface area contributed by atoms with Crippen LogP contribution in [0, 0.1) is 5.92 Å². The van der Waals surface area contributed by atoms with Crippen molar-refractivity contribution in [2.75, 3.05) is 19.6 Å². The number of carbonyl (C=O) groups is 1. The van der Waals surface area contributed by atoms with E-state index in [0.29, 0.717) is 21.2 Å². The van der Waals surface area contributed by atoms with Gasteiger partial charge in [0.15, 0.2) is 5.78 Å². The molecule has 2 aliphatic rings. The second-order valence-corrected chi connectivity index (χ2v) is 14.5. The first-order valence-corrected chi connectivity index (χ1v) is 12.5. The maximum atomic E-state index is 10.8. The quantitative estimate of drug-likeness (QED) is 0.561. The third-order valence-corrected chi connectivity index (χ3v) is 2.11. The topological polar surface area (TPSA) is 20.3 Å². The van der Waals surface area contributed by atoms with Crippen LogP contribution in [0.5, 0.6) is 0 Å². The van der Waals surface area contributed by atoms with Crippen LogP contribution < -0.4 is 0 Å². The molecule has 0 spiro atoms. The Hall–Kier alpha value is 1.67. The van der Waals surface area contributed by atoms with Gasteiger partial charge in [0.1, 0.15) is 0 Å². The molecule has 2 rings (SSSR count). The number of Topliss-reactive ketones (excluding diaryl/α,β-unsaturated/α-hetero) is 1. The van der Waals surface area contributed by atoms with Crippen molar-refractivity contribution in [1.82, 2.24) is 4.90 Å². The van der Waals surface area contributed by atoms with Crippen molar-refractivity contribution in [1.29, 1.82) is 0 Å². The summed E-state index contributed by atoms with van der Waals surface area (Å²) in [6.45, 7) is 2.96. The Labute approximate surface area is 95.7 Å². The number of nitrogens with zero attached hydrogens (tertiary/aromatic N) is 1. The molecule has 11 heavy (non-hydrogen) atoms. The summed E-state index contributed by atoms with van der Waals surface area (Å²) in [5.41, 5.74) is 0. The molecule has 0 aromatic heterocycles. The van der Waals surface area contributed by atoms with Crippen LogP contribution in [0.25, 0.3) is 0 Å². The summed E-state index contributed by atoms with van der Waals surface area (Å²) in [5, 5.41) is 0. The normalized spacial score (nSPS) is 33.1. The van der Waals surface area contributed by atoms with Gasteiger partial charge in [0.25, 0.3) is 0 Å². The Balaban J connectivity index is 0.000000179. The molecule has 63 valence electrons. The fraction of sp³-hybridized carbons (Fsp3) is 0.833. The Morgan fingerprint density at radius 3 is 2.36 bits per heavy atom. The molecule has 0 aliphatic carbocycles. The van der Waals surface area contributed by atoms with Gasteiger partial charge in [-0.2, -0.15) is 0 Å². The fourth-order valence-electron chi connectivity index (χ4n) is 1.59. The van der Waals surface area contributed by atoms with Gasteiger partial charge in [0, 0.05) is 12.5 Å². The molecule has 2 bridgehead atoms. The molecule has 0 aromatic carbocycles. The van der Waals surface area contributed by atoms with E-state index in [1.165, 1.54) is 0 Å². The fourth-order valence-corrected chi connectivity index (χ4v) is 1.59. The molecule has 2 saturated heterocycles. The monoisotopic (exact) mass is 416 g/mol. The van der Waals surface area contributed by atoms with E-state index in [-0.39, 0.29) is 0 Å². The van der Waals surface area contributed by atoms with Crippen molar-refractivity contribution >= 4 is 45.7 Å². The second-order valence-electron chi connectivity index (χ2n) is 2.75. The van der Waals surface area contributed by atoms with Gasteiger partial charge in [-0.05, 0) is 13.0 Å². The van der Waals surface area contributed by atoms with Gasteiger partial charge in [0.05, 0.1) is 6.54 Å². The zero-order valence-corrected chi connectivity index (χ0v) is 11.7. The molecule has 0 aromatic rings. The molecule has 2 atom stereocenters. The van der Waals surface area contributed by atoms with Gasteiger partial charge >= 0.3 is 49.4 Å². The third-order valence-electron chi connectivity index (χ3n) is 2.11. The molecule has 0 N–H and O–H groups in total. The van der Waals surface area contributed by atoms with E-state index in [1.54, 1.807) is 0 Å². The van der Waals surface area contributed by atoms with Gasteiger partial charge in [-0.1, -0.05) is 0 Å². The van der Waals surface area contributed by atoms with E-state index in [4.69, 9.17) is 0 Å². The van der Waals surface area contributed by atoms with Crippen molar-refractivity contribution in [3.8, 4) is 0 Å². The van der Waals surface area contributed by atoms with Gasteiger partial charge < -0.3 is 0 Å². The van der Waals surface area contributed by atoms with E-state index < -0.39 is 0 Å². The van der Waals surface area contributed by atoms with Crippen molar-refractivity contribution in [2.24, 2.45) is 5.92 Å². The minimum atomic E-state index is 0.426. The first kappa shape index (κ1) is 10.8. The average Bonchev–Trinajstić information content (AvgIpc) is 2.48. The standard InChI is InChI=1S/C6H9NO.2HI.V/c8-6-4-7-2-1-5(6)3-7;;;/h5H,1-4H2;2*1H;/q;;;+2/p-2. The summed E-state index contributed by atoms with van der Waals surface area (Å²) in [6, 6.07) is 0. The Morgan fingerprint density at radius 2 is 2.18 bits per heavy atom. The van der Waals surface area contributed by atoms with E-state index in [2.05, 4.69) is 44.9 Å². The van der Waals surface area contributed by atoms with E-state index in [1.807, 2.05) is 0 Å². The molecule has 2 nitrogen and oxygen atoms in total. The first-order valence-electron chi connectivity index (χ1n) is 3.45. The van der Waals surface area contributed by atoms with Crippen LogP contribution in [-0.2, 0) is 14.3 Å². The van der Waals surface area contributed by atoms with Gasteiger partial charge in [-0.15, -0.1) is 0 Å². The summed E-state index contributed by atoms with van der Waals surface area (Å²) in [6.07, 6.45) is 1.12. The maximum absolute atomic E-state index is 10.8. The summed E-state index contributed by atoms with van der Waals surface area (Å²) >= 11 is 4.74. The molecular weight excluding hydrogens is 407 g/mol. The van der Waals surface area contributed by atoms with Crippen LogP contribution >= 0.6 is 40.0 Å². The van der Waals surface area contributed by atoms with E-state index in [0.717, 1.165) is 26.1 Å². The number of halogens is 2. The van der Waals surface area contributed by atoms with E-state index >= 15 is 0 Å². The van der Waals surface area contributed by atoms with Crippen molar-refractivity contribution in [2.45, 2.75) is 6.42 Å². The number of rotatable bonds is 0. The Morgan fingerprint density at radius 1 is 1.55 bits per heavy atom. The molecule has 2 unspecified atom stereocenters. The average molecular weight is 416 g/mol. The van der Waals surface area contributed by atoms with Crippen molar-refractivity contribution < 1.29 is 14.3 Å². The predicted octanol–water partition coefficient (Wildman–Crippen LogP) is 1.66. The van der Waals surface area contributed by atoms with Gasteiger partial charge in [-0.25, -0.2) is 0 Å². The van der Waals surface area contributed by atoms with E-state index in [9.17, 15) is 4.79 Å². The third kappa shape index (κ3) is 3.13. The Bertz CT molecular complexity index is 156. The predicted molar refractivity (Wildman–Crippen MR) is 57.6 cm³/mol. The molecule has 2 fully saturated rings. The van der Waals surface area contributed by atoms with Crippen LogP contribution in [0.3, 0.4) is 0 Å². The van der Waals surface area contributed by atoms with Crippen LogP contribution in [0.15, 0.2) is 0 Å². The zero-order chi connectivity index (χ0) is 8.27. The second kappa shape index (κ2) is 5.41. The molecule has 0 amide bonds. The summed E-state index contributed by atoms with van der Waals surface area (Å²) in [4.78, 5) is 13.0. The minimum absolute atomic E-state index is 0.426. The molecule has 2 heterocycles. The summed E-state index contributed by atoms with van der Waals surface area (Å²) in [5.74, 6) is 0.895. The van der Waals surface area contributed by atoms with Crippen LogP contribution in [-0.4, -0.2) is 30.3 Å². The SMILES string of the molecule is O=C1CN2CCC1C2.[I][V][I]. The number of piperidine rings is 1. The number of carbonyl (C=O) groups excluding carboxylic acids is 1. The number of hydrogen-bond donors (Lipinski definition) is 0. The number of ketones is 1. The first-order chi connectivity index (χ1) is 5.27. The van der Waals surface area contributed by atoms with Gasteiger partial charge in [0.2, 0.25) is 0 Å². The van der Waals surface area contributed by atoms with Crippen molar-refractivity contribution in [3.05, 3.63) is 0 Å². The zero-order valence-electron chi connectivity index (χ0n) is 5.96. The molecular formula is C6H9I2NOV. The Kier molecular flexibility index (Phi) is 5.29. The molecule has 2 aliphatic heterocycles. The number of hydrogen-bond acceptors (Lipinski definition) is 2. The van der Waals surface area contributed by atoms with Crippen LogP contribution in [0.2, 0.25) is 0 Å². The molecule has 5 heteroatoms. The summed E-state index contributed by atoms with van der Waals surface area (Å²) < 4.78 is 0. The molecule has 0 saturated carbocycles. The van der Waals surface area contributed by atoms with Crippen LogP contribution in [0.1, 0.15) is 6.42 Å². The van der Waals surface area contributed by atoms with Crippen LogP contribution in [0.4, 0.5) is 0 Å². The number of fused-ring (bicyclic) bond motifs is 2.